The van der Waals surface area contributed by atoms with E-state index in [1.165, 1.54) is 6.07 Å². The van der Waals surface area contributed by atoms with Crippen molar-refractivity contribution in [2.45, 2.75) is 19.9 Å². The average Bonchev–Trinajstić information content (AvgIpc) is 2.68. The molecule has 5 nitrogen and oxygen atoms in total. The van der Waals surface area contributed by atoms with Crippen LogP contribution < -0.4 is 16.0 Å². The molecule has 0 aliphatic rings. The van der Waals surface area contributed by atoms with Crippen molar-refractivity contribution in [2.24, 2.45) is 4.99 Å². The molecular formula is C20H24BrFN4O. The van der Waals surface area contributed by atoms with Gasteiger partial charge in [-0.1, -0.05) is 28.1 Å². The summed E-state index contributed by atoms with van der Waals surface area (Å²) in [5.41, 5.74) is 2.22. The van der Waals surface area contributed by atoms with Crippen LogP contribution in [0.5, 0.6) is 0 Å². The SMILES string of the molecule is CCNC(=NCc1cc(Br)ccc1F)NCCc1cccc(C(=O)NC)c1. The predicted molar refractivity (Wildman–Crippen MR) is 110 cm³/mol. The van der Waals surface area contributed by atoms with Crippen LogP contribution in [0.25, 0.3) is 0 Å². The molecule has 0 atom stereocenters. The van der Waals surface area contributed by atoms with E-state index in [1.807, 2.05) is 25.1 Å². The van der Waals surface area contributed by atoms with Gasteiger partial charge in [0, 0.05) is 35.7 Å². The number of hydrogen-bond acceptors (Lipinski definition) is 2. The summed E-state index contributed by atoms with van der Waals surface area (Å²) in [6, 6.07) is 12.3. The number of aliphatic imine (C=N–C) groups is 1. The number of carbonyl (C=O) groups is 1. The number of nitrogens with zero attached hydrogens (tertiary/aromatic N) is 1. The van der Waals surface area contributed by atoms with Crippen molar-refractivity contribution >= 4 is 27.8 Å². The van der Waals surface area contributed by atoms with Gasteiger partial charge >= 0.3 is 0 Å². The predicted octanol–water partition coefficient (Wildman–Crippen LogP) is 3.25. The van der Waals surface area contributed by atoms with Gasteiger partial charge in [0.05, 0.1) is 6.54 Å². The number of amides is 1. The molecule has 0 heterocycles. The van der Waals surface area contributed by atoms with E-state index in [0.29, 0.717) is 30.2 Å². The Morgan fingerprint density at radius 3 is 2.74 bits per heavy atom. The minimum Gasteiger partial charge on any atom is -0.357 e. The van der Waals surface area contributed by atoms with Crippen molar-refractivity contribution in [2.75, 3.05) is 20.1 Å². The number of hydrogen-bond donors (Lipinski definition) is 3. The number of guanidine groups is 1. The standard InChI is InChI=1S/C20H24BrFN4O/c1-3-24-20(26-13-16-12-17(21)7-8-18(16)22)25-10-9-14-5-4-6-15(11-14)19(27)23-2/h4-8,11-12H,3,9-10,13H2,1-2H3,(H,23,27)(H2,24,25,26). The number of nitrogens with one attached hydrogen (secondary N) is 3. The van der Waals surface area contributed by atoms with E-state index in [1.54, 1.807) is 25.2 Å². The second-order valence-corrected chi connectivity index (χ2v) is 6.80. The van der Waals surface area contributed by atoms with Gasteiger partial charge in [-0.15, -0.1) is 0 Å². The average molecular weight is 435 g/mol. The van der Waals surface area contributed by atoms with Crippen molar-refractivity contribution in [3.8, 4) is 0 Å². The van der Waals surface area contributed by atoms with Crippen LogP contribution in [0.1, 0.15) is 28.4 Å². The first-order valence-electron chi connectivity index (χ1n) is 8.80. The van der Waals surface area contributed by atoms with E-state index in [0.717, 1.165) is 16.5 Å². The molecule has 0 saturated carbocycles. The molecule has 27 heavy (non-hydrogen) atoms. The number of rotatable bonds is 7. The molecule has 0 aliphatic heterocycles. The smallest absolute Gasteiger partial charge is 0.251 e. The molecule has 0 bridgehead atoms. The maximum Gasteiger partial charge on any atom is 0.251 e. The van der Waals surface area contributed by atoms with Crippen molar-refractivity contribution in [1.82, 2.24) is 16.0 Å². The number of carbonyl (C=O) groups excluding carboxylic acids is 1. The lowest BCUT2D eigenvalue weighted by Crippen LogP contribution is -2.38. The second-order valence-electron chi connectivity index (χ2n) is 5.89. The van der Waals surface area contributed by atoms with Gasteiger partial charge in [-0.25, -0.2) is 9.38 Å². The lowest BCUT2D eigenvalue weighted by molar-refractivity contribution is 0.0963. The highest BCUT2D eigenvalue weighted by Crippen LogP contribution is 2.16. The van der Waals surface area contributed by atoms with Gasteiger partial charge in [0.1, 0.15) is 5.82 Å². The summed E-state index contributed by atoms with van der Waals surface area (Å²) in [5, 5.41) is 9.02. The van der Waals surface area contributed by atoms with Gasteiger partial charge in [0.25, 0.3) is 5.91 Å². The minimum absolute atomic E-state index is 0.101. The van der Waals surface area contributed by atoms with Crippen LogP contribution in [0.3, 0.4) is 0 Å². The largest absolute Gasteiger partial charge is 0.357 e. The van der Waals surface area contributed by atoms with Crippen LogP contribution in [-0.2, 0) is 13.0 Å². The van der Waals surface area contributed by atoms with Gasteiger partial charge in [0.15, 0.2) is 5.96 Å². The van der Waals surface area contributed by atoms with Crippen molar-refractivity contribution in [3.05, 3.63) is 69.4 Å². The first kappa shape index (κ1) is 20.9. The van der Waals surface area contributed by atoms with Gasteiger partial charge < -0.3 is 16.0 Å². The third kappa shape index (κ3) is 6.67. The Bertz CT molecular complexity index is 810. The van der Waals surface area contributed by atoms with E-state index in [-0.39, 0.29) is 18.3 Å². The Hall–Kier alpha value is -2.41. The Kier molecular flexibility index (Phi) is 8.26. The van der Waals surface area contributed by atoms with E-state index in [9.17, 15) is 9.18 Å². The Labute approximate surface area is 167 Å². The molecule has 3 N–H and O–H groups in total. The van der Waals surface area contributed by atoms with Gasteiger partial charge in [0.2, 0.25) is 0 Å². The quantitative estimate of drug-likeness (QED) is 0.462. The molecule has 0 aromatic heterocycles. The lowest BCUT2D eigenvalue weighted by Gasteiger charge is -2.12. The molecule has 2 aromatic rings. The van der Waals surface area contributed by atoms with Crippen molar-refractivity contribution in [3.63, 3.8) is 0 Å². The first-order valence-corrected chi connectivity index (χ1v) is 9.60. The van der Waals surface area contributed by atoms with Crippen LogP contribution in [0, 0.1) is 5.82 Å². The maximum atomic E-state index is 13.8. The number of halogens is 2. The summed E-state index contributed by atoms with van der Waals surface area (Å²) in [7, 11) is 1.61. The topological polar surface area (TPSA) is 65.5 Å². The second kappa shape index (κ2) is 10.7. The summed E-state index contributed by atoms with van der Waals surface area (Å²) in [6.07, 6.45) is 0.737. The van der Waals surface area contributed by atoms with Crippen LogP contribution in [-0.4, -0.2) is 32.0 Å². The normalized spacial score (nSPS) is 11.2. The Morgan fingerprint density at radius 1 is 1.19 bits per heavy atom. The zero-order chi connectivity index (χ0) is 19.6. The van der Waals surface area contributed by atoms with E-state index in [2.05, 4.69) is 36.9 Å². The summed E-state index contributed by atoms with van der Waals surface area (Å²) >= 11 is 3.35. The van der Waals surface area contributed by atoms with E-state index < -0.39 is 0 Å². The zero-order valence-electron chi connectivity index (χ0n) is 15.5. The zero-order valence-corrected chi connectivity index (χ0v) is 17.1. The third-order valence-corrected chi connectivity index (χ3v) is 4.38. The molecule has 0 radical (unpaired) electrons. The molecule has 144 valence electrons. The van der Waals surface area contributed by atoms with Gasteiger partial charge in [-0.05, 0) is 49.2 Å². The van der Waals surface area contributed by atoms with Crippen molar-refractivity contribution in [1.29, 1.82) is 0 Å². The molecular weight excluding hydrogens is 411 g/mol. The van der Waals surface area contributed by atoms with Crippen molar-refractivity contribution < 1.29 is 9.18 Å². The Balaban J connectivity index is 1.96. The maximum absolute atomic E-state index is 13.8. The Morgan fingerprint density at radius 2 is 2.00 bits per heavy atom. The summed E-state index contributed by atoms with van der Waals surface area (Å²) in [4.78, 5) is 16.2. The lowest BCUT2D eigenvalue weighted by atomic mass is 10.1. The highest BCUT2D eigenvalue weighted by molar-refractivity contribution is 9.10. The first-order chi connectivity index (χ1) is 13.0. The third-order valence-electron chi connectivity index (χ3n) is 3.88. The fraction of sp³-hybridized carbons (Fsp3) is 0.300. The molecule has 7 heteroatoms. The number of benzene rings is 2. The van der Waals surface area contributed by atoms with E-state index in [4.69, 9.17) is 0 Å². The minimum atomic E-state index is -0.274. The van der Waals surface area contributed by atoms with Crippen LogP contribution in [0.4, 0.5) is 4.39 Å². The van der Waals surface area contributed by atoms with Gasteiger partial charge in [-0.3, -0.25) is 4.79 Å². The molecule has 0 spiro atoms. The summed E-state index contributed by atoms with van der Waals surface area (Å²) < 4.78 is 14.7. The molecule has 0 unspecified atom stereocenters. The fourth-order valence-electron chi connectivity index (χ4n) is 2.51. The van der Waals surface area contributed by atoms with Crippen LogP contribution in [0.15, 0.2) is 51.9 Å². The fourth-order valence-corrected chi connectivity index (χ4v) is 2.92. The summed E-state index contributed by atoms with van der Waals surface area (Å²) in [5.74, 6) is 0.249. The van der Waals surface area contributed by atoms with Crippen LogP contribution in [0.2, 0.25) is 0 Å². The molecule has 0 saturated heterocycles. The highest BCUT2D eigenvalue weighted by atomic mass is 79.9. The molecule has 2 aromatic carbocycles. The monoisotopic (exact) mass is 434 g/mol. The van der Waals surface area contributed by atoms with E-state index >= 15 is 0 Å². The molecule has 1 amide bonds. The highest BCUT2D eigenvalue weighted by Gasteiger charge is 2.05. The molecule has 2 rings (SSSR count). The molecule has 0 aliphatic carbocycles. The van der Waals surface area contributed by atoms with Crippen LogP contribution >= 0.6 is 15.9 Å². The molecule has 0 fully saturated rings. The summed E-state index contributed by atoms with van der Waals surface area (Å²) in [6.45, 7) is 3.57. The van der Waals surface area contributed by atoms with Gasteiger partial charge in [-0.2, -0.15) is 0 Å².